The van der Waals surface area contributed by atoms with Crippen molar-refractivity contribution in [3.63, 3.8) is 0 Å². The van der Waals surface area contributed by atoms with Crippen LogP contribution in [-0.2, 0) is 25.6 Å². The predicted molar refractivity (Wildman–Crippen MR) is 119 cm³/mol. The Kier molecular flexibility index (Phi) is 5.49. The van der Waals surface area contributed by atoms with Crippen molar-refractivity contribution >= 4 is 34.8 Å². The molecule has 3 aliphatic carbocycles. The highest BCUT2D eigenvalue weighted by Gasteiger charge is 2.60. The maximum Gasteiger partial charge on any atom is 0.255 e. The second-order valence-electron chi connectivity index (χ2n) is 9.18. The minimum absolute atomic E-state index is 0.0175. The van der Waals surface area contributed by atoms with Crippen molar-refractivity contribution in [3.8, 4) is 5.75 Å². The summed E-state index contributed by atoms with van der Waals surface area (Å²) in [5, 5.41) is 46.0. The third kappa shape index (κ3) is 3.35. The van der Waals surface area contributed by atoms with E-state index in [9.17, 15) is 39.6 Å². The van der Waals surface area contributed by atoms with Gasteiger partial charge in [0.1, 0.15) is 22.8 Å². The number of Topliss-reactive ketones (excluding diaryl/α,β-unsaturated/α-hetero) is 2. The van der Waals surface area contributed by atoms with Gasteiger partial charge in [0.2, 0.25) is 11.7 Å². The van der Waals surface area contributed by atoms with Gasteiger partial charge in [0.25, 0.3) is 5.91 Å². The van der Waals surface area contributed by atoms with E-state index >= 15 is 0 Å². The number of hydrogen-bond donors (Lipinski definition) is 6. The molecule has 11 heteroatoms. The highest BCUT2D eigenvalue weighted by Crippen LogP contribution is 2.52. The molecule has 0 spiro atoms. The van der Waals surface area contributed by atoms with E-state index in [1.165, 1.54) is 12.1 Å². The summed E-state index contributed by atoms with van der Waals surface area (Å²) in [6.45, 7) is 0.0929. The molecule has 2 unspecified atom stereocenters. The fourth-order valence-electron chi connectivity index (χ4n) is 5.22. The number of aromatic hydroxyl groups is 1. The Balaban J connectivity index is 1.84. The van der Waals surface area contributed by atoms with Crippen LogP contribution < -0.4 is 11.1 Å². The maximum atomic E-state index is 13.4. The first-order chi connectivity index (χ1) is 15.9. The van der Waals surface area contributed by atoms with Crippen LogP contribution in [0.15, 0.2) is 29.0 Å². The number of carbonyl (C=O) groups excluding carboxylic acids is 4. The van der Waals surface area contributed by atoms with Crippen LogP contribution in [0, 0.1) is 11.8 Å². The summed E-state index contributed by atoms with van der Waals surface area (Å²) >= 11 is 0. The van der Waals surface area contributed by atoms with Gasteiger partial charge in [-0.15, -0.1) is 0 Å². The summed E-state index contributed by atoms with van der Waals surface area (Å²) in [5.74, 6) is -7.24. The number of nitrogens with one attached hydrogen (secondary N) is 1. The van der Waals surface area contributed by atoms with Crippen molar-refractivity contribution in [2.24, 2.45) is 17.6 Å². The van der Waals surface area contributed by atoms with E-state index < -0.39 is 58.4 Å². The number of phenols is 1. The summed E-state index contributed by atoms with van der Waals surface area (Å²) in [6, 6.07) is 2.74. The van der Waals surface area contributed by atoms with Crippen molar-refractivity contribution in [2.45, 2.75) is 24.9 Å². The number of amides is 2. The predicted octanol–water partition coefficient (Wildman–Crippen LogP) is -0.0760. The molecule has 3 atom stereocenters. The Morgan fingerprint density at radius 1 is 1.18 bits per heavy atom. The van der Waals surface area contributed by atoms with Gasteiger partial charge in [-0.2, -0.15) is 0 Å². The molecule has 2 amide bonds. The first kappa shape index (κ1) is 23.5. The van der Waals surface area contributed by atoms with Gasteiger partial charge in [-0.3, -0.25) is 19.2 Å². The van der Waals surface area contributed by atoms with Gasteiger partial charge >= 0.3 is 0 Å². The molecular weight excluding hydrogens is 446 g/mol. The van der Waals surface area contributed by atoms with Crippen LogP contribution in [-0.4, -0.2) is 74.9 Å². The van der Waals surface area contributed by atoms with Crippen molar-refractivity contribution in [1.82, 2.24) is 4.90 Å². The number of aliphatic hydroxyl groups is 3. The Morgan fingerprint density at radius 2 is 1.85 bits per heavy atom. The Labute approximate surface area is 194 Å². The van der Waals surface area contributed by atoms with E-state index in [-0.39, 0.29) is 42.2 Å². The number of carbonyl (C=O) groups is 4. The second-order valence-corrected chi connectivity index (χ2v) is 9.18. The molecule has 0 radical (unpaired) electrons. The number of rotatable bonds is 4. The smallest absolute Gasteiger partial charge is 0.255 e. The first-order valence-corrected chi connectivity index (χ1v) is 10.6. The molecule has 0 saturated heterocycles. The number of primary amides is 1. The molecule has 11 nitrogen and oxygen atoms in total. The first-order valence-electron chi connectivity index (χ1n) is 10.6. The van der Waals surface area contributed by atoms with Crippen LogP contribution in [0.25, 0.3) is 5.76 Å². The molecule has 7 N–H and O–H groups in total. The van der Waals surface area contributed by atoms with Gasteiger partial charge in [0, 0.05) is 23.6 Å². The molecule has 0 aliphatic heterocycles. The van der Waals surface area contributed by atoms with Crippen molar-refractivity contribution in [3.05, 3.63) is 40.2 Å². The third-order valence-electron chi connectivity index (χ3n) is 6.68. The summed E-state index contributed by atoms with van der Waals surface area (Å²) in [5.41, 5.74) is 2.16. The van der Waals surface area contributed by atoms with E-state index in [0.717, 1.165) is 0 Å². The van der Waals surface area contributed by atoms with Crippen LogP contribution >= 0.6 is 0 Å². The molecule has 1 fully saturated rings. The zero-order valence-electron chi connectivity index (χ0n) is 18.6. The van der Waals surface area contributed by atoms with Gasteiger partial charge in [0.05, 0.1) is 12.1 Å². The minimum Gasteiger partial charge on any atom is -0.508 e. The summed E-state index contributed by atoms with van der Waals surface area (Å²) in [7, 11) is 3.45. The van der Waals surface area contributed by atoms with Crippen LogP contribution in [0.5, 0.6) is 5.75 Å². The van der Waals surface area contributed by atoms with Gasteiger partial charge in [-0.1, -0.05) is 0 Å². The molecule has 0 bridgehead atoms. The normalized spacial score (nSPS) is 26.2. The quantitative estimate of drug-likeness (QED) is 0.258. The zero-order chi connectivity index (χ0) is 25.1. The highest BCUT2D eigenvalue weighted by molar-refractivity contribution is 6.22. The van der Waals surface area contributed by atoms with Crippen molar-refractivity contribution < 1.29 is 39.6 Å². The fraction of sp³-hybridized carbons (Fsp3) is 0.391. The number of benzene rings is 1. The van der Waals surface area contributed by atoms with Crippen molar-refractivity contribution in [1.29, 1.82) is 0 Å². The average molecular weight is 471 g/mol. The number of phenolic OH excluding ortho intramolecular Hbond substituents is 1. The molecule has 4 rings (SSSR count). The Morgan fingerprint density at radius 3 is 2.47 bits per heavy atom. The number of nitrogens with two attached hydrogens (primary N) is 1. The van der Waals surface area contributed by atoms with E-state index in [2.05, 4.69) is 5.32 Å². The number of aliphatic hydroxyl groups excluding tert-OH is 2. The van der Waals surface area contributed by atoms with Crippen molar-refractivity contribution in [2.75, 3.05) is 26.0 Å². The second kappa shape index (κ2) is 7.96. The molecule has 1 aromatic carbocycles. The molecule has 3 aliphatic rings. The molecule has 0 aromatic heterocycles. The van der Waals surface area contributed by atoms with Gasteiger partial charge < -0.3 is 36.4 Å². The summed E-state index contributed by atoms with van der Waals surface area (Å²) < 4.78 is 0. The topological polar surface area (TPSA) is 190 Å². The number of fused-ring (bicyclic) bond motifs is 3. The SMILES string of the molecule is CN(C)CC(=O)Nc1ccc(O)c2c1CC1CC3CC(=O)C(C(N)=O)=C(O)[C@@]3(O)C(=O)C1=C2O. The lowest BCUT2D eigenvalue weighted by molar-refractivity contribution is -0.147. The third-order valence-corrected chi connectivity index (χ3v) is 6.68. The number of anilines is 1. The lowest BCUT2D eigenvalue weighted by atomic mass is 9.59. The lowest BCUT2D eigenvalue weighted by Crippen LogP contribution is -2.58. The highest BCUT2D eigenvalue weighted by atomic mass is 16.3. The number of hydrogen-bond acceptors (Lipinski definition) is 9. The molecule has 180 valence electrons. The largest absolute Gasteiger partial charge is 0.508 e. The standard InChI is InChI=1S/C23H25N3O8/c1-26(2)8-15(29)25-12-3-4-13(27)17-11(12)6-9-5-10-7-14(28)18(22(24)33)21(32)23(10,34)20(31)16(9)19(17)30/h3-4,9-10,27,30,32,34H,5-8H2,1-2H3,(H2,24,33)(H,25,29)/t9?,10?,23-/m0/s1. The van der Waals surface area contributed by atoms with E-state index in [0.29, 0.717) is 11.3 Å². The molecule has 1 saturated carbocycles. The van der Waals surface area contributed by atoms with Crippen LogP contribution in [0.1, 0.15) is 24.0 Å². The Hall–Kier alpha value is -3.70. The minimum atomic E-state index is -2.61. The molecule has 0 heterocycles. The average Bonchev–Trinajstić information content (AvgIpc) is 2.71. The number of ketones is 2. The van der Waals surface area contributed by atoms with Crippen LogP contribution in [0.4, 0.5) is 5.69 Å². The van der Waals surface area contributed by atoms with Crippen LogP contribution in [0.3, 0.4) is 0 Å². The summed E-state index contributed by atoms with van der Waals surface area (Å²) in [4.78, 5) is 51.5. The lowest BCUT2D eigenvalue weighted by Gasteiger charge is -2.46. The van der Waals surface area contributed by atoms with E-state index in [1.54, 1.807) is 19.0 Å². The summed E-state index contributed by atoms with van der Waals surface area (Å²) in [6.07, 6.45) is -0.265. The molecular formula is C23H25N3O8. The van der Waals surface area contributed by atoms with Gasteiger partial charge in [-0.05, 0) is 50.6 Å². The monoisotopic (exact) mass is 471 g/mol. The van der Waals surface area contributed by atoms with Crippen LogP contribution in [0.2, 0.25) is 0 Å². The number of nitrogens with zero attached hydrogens (tertiary/aromatic N) is 1. The van der Waals surface area contributed by atoms with Gasteiger partial charge in [-0.25, -0.2) is 0 Å². The Bertz CT molecular complexity index is 1210. The zero-order valence-corrected chi connectivity index (χ0v) is 18.6. The number of likely N-dealkylation sites (N-methyl/N-ethyl adjacent to an activating group) is 1. The maximum absolute atomic E-state index is 13.4. The fourth-order valence-corrected chi connectivity index (χ4v) is 5.22. The molecule has 34 heavy (non-hydrogen) atoms. The van der Waals surface area contributed by atoms with E-state index in [1.807, 2.05) is 0 Å². The van der Waals surface area contributed by atoms with E-state index in [4.69, 9.17) is 5.73 Å². The van der Waals surface area contributed by atoms with Gasteiger partial charge in [0.15, 0.2) is 11.4 Å². The molecule has 1 aromatic rings.